The maximum atomic E-state index is 12.6. The van der Waals surface area contributed by atoms with Crippen molar-refractivity contribution in [2.24, 2.45) is 0 Å². The predicted molar refractivity (Wildman–Crippen MR) is 49.1 cm³/mol. The average Bonchev–Trinajstić information content (AvgIpc) is 2.07. The van der Waals surface area contributed by atoms with E-state index in [1.165, 1.54) is 0 Å². The molecule has 1 aromatic carbocycles. The Balaban J connectivity index is 3.03. The van der Waals surface area contributed by atoms with Crippen LogP contribution in [0.3, 0.4) is 0 Å². The van der Waals surface area contributed by atoms with Crippen molar-refractivity contribution in [3.8, 4) is 0 Å². The average molecular weight is 291 g/mol. The summed E-state index contributed by atoms with van der Waals surface area (Å²) in [4.78, 5) is -1.83. The van der Waals surface area contributed by atoms with Gasteiger partial charge in [-0.2, -0.15) is 13.2 Å². The van der Waals surface area contributed by atoms with E-state index in [1.54, 1.807) is 0 Å². The van der Waals surface area contributed by atoms with Crippen LogP contribution >= 0.6 is 27.5 Å². The first-order valence-corrected chi connectivity index (χ1v) is 4.77. The number of rotatable bonds is 1. The lowest BCUT2D eigenvalue weighted by Crippen LogP contribution is -2.15. The van der Waals surface area contributed by atoms with E-state index in [0.717, 1.165) is 18.2 Å². The van der Waals surface area contributed by atoms with E-state index in [1.807, 2.05) is 0 Å². The molecular weight excluding hydrogens is 287 g/mol. The zero-order valence-corrected chi connectivity index (χ0v) is 8.92. The van der Waals surface area contributed by atoms with Gasteiger partial charge < -0.3 is 0 Å². The second-order valence-corrected chi connectivity index (χ2v) is 3.90. The van der Waals surface area contributed by atoms with E-state index in [2.05, 4.69) is 15.9 Å². The molecule has 1 rings (SSSR count). The Kier molecular flexibility index (Phi) is 3.42. The van der Waals surface area contributed by atoms with E-state index in [0.29, 0.717) is 0 Å². The largest absolute Gasteiger partial charge is 0.405 e. The van der Waals surface area contributed by atoms with Gasteiger partial charge >= 0.3 is 6.18 Å². The highest BCUT2D eigenvalue weighted by Gasteiger charge is 2.38. The summed E-state index contributed by atoms with van der Waals surface area (Å²) in [5.41, 5.74) is -0.121. The summed E-state index contributed by atoms with van der Waals surface area (Å²) < 4.78 is 49.2. The van der Waals surface area contributed by atoms with Gasteiger partial charge in [0.1, 0.15) is 10.6 Å². The van der Waals surface area contributed by atoms with Crippen molar-refractivity contribution in [2.75, 3.05) is 0 Å². The van der Waals surface area contributed by atoms with Crippen LogP contribution in [0.4, 0.5) is 17.6 Å². The van der Waals surface area contributed by atoms with Gasteiger partial charge in [0.05, 0.1) is 5.02 Å². The quantitative estimate of drug-likeness (QED) is 0.529. The number of alkyl halides is 4. The molecule has 0 amide bonds. The smallest absolute Gasteiger partial charge is 0.205 e. The summed E-state index contributed by atoms with van der Waals surface area (Å²) in [6.45, 7) is 0. The van der Waals surface area contributed by atoms with Gasteiger partial charge in [-0.05, 0) is 17.7 Å². The van der Waals surface area contributed by atoms with Gasteiger partial charge in [0.15, 0.2) is 0 Å². The third-order valence-electron chi connectivity index (χ3n) is 1.52. The molecule has 1 aromatic rings. The van der Waals surface area contributed by atoms with E-state index in [4.69, 9.17) is 11.6 Å². The predicted octanol–water partition coefficient (Wildman–Crippen LogP) is 4.48. The number of hydrogen-bond donors (Lipinski definition) is 0. The van der Waals surface area contributed by atoms with Crippen LogP contribution in [0.2, 0.25) is 5.02 Å². The maximum Gasteiger partial charge on any atom is 0.405 e. The SMILES string of the molecule is Fc1ccc(C(Br)C(F)(F)F)cc1Cl. The van der Waals surface area contributed by atoms with Crippen molar-refractivity contribution in [1.29, 1.82) is 0 Å². The van der Waals surface area contributed by atoms with Gasteiger partial charge in [-0.25, -0.2) is 4.39 Å². The lowest BCUT2D eigenvalue weighted by Gasteiger charge is -2.14. The zero-order chi connectivity index (χ0) is 10.9. The molecule has 0 saturated carbocycles. The van der Waals surface area contributed by atoms with Crippen LogP contribution in [0, 0.1) is 5.82 Å². The molecule has 14 heavy (non-hydrogen) atoms. The molecule has 0 aliphatic rings. The van der Waals surface area contributed by atoms with Gasteiger partial charge in [0.2, 0.25) is 0 Å². The van der Waals surface area contributed by atoms with Crippen molar-refractivity contribution >= 4 is 27.5 Å². The molecule has 6 heteroatoms. The van der Waals surface area contributed by atoms with E-state index in [-0.39, 0.29) is 10.6 Å². The second kappa shape index (κ2) is 4.06. The maximum absolute atomic E-state index is 12.6. The van der Waals surface area contributed by atoms with Gasteiger partial charge in [-0.1, -0.05) is 33.6 Å². The summed E-state index contributed by atoms with van der Waals surface area (Å²) in [6, 6.07) is 2.88. The highest BCUT2D eigenvalue weighted by molar-refractivity contribution is 9.09. The summed E-state index contributed by atoms with van der Waals surface area (Å²) in [5.74, 6) is -0.739. The molecule has 0 bridgehead atoms. The minimum absolute atomic E-state index is 0.121. The monoisotopic (exact) mass is 290 g/mol. The second-order valence-electron chi connectivity index (χ2n) is 2.58. The van der Waals surface area contributed by atoms with Crippen molar-refractivity contribution in [3.05, 3.63) is 34.6 Å². The fourth-order valence-corrected chi connectivity index (χ4v) is 1.33. The fourth-order valence-electron chi connectivity index (χ4n) is 0.859. The van der Waals surface area contributed by atoms with Crippen molar-refractivity contribution in [3.63, 3.8) is 0 Å². The van der Waals surface area contributed by atoms with Crippen LogP contribution in [0.15, 0.2) is 18.2 Å². The summed E-state index contributed by atoms with van der Waals surface area (Å²) in [7, 11) is 0. The van der Waals surface area contributed by atoms with Crippen molar-refractivity contribution < 1.29 is 17.6 Å². The molecule has 0 fully saturated rings. The molecule has 0 saturated heterocycles. The van der Waals surface area contributed by atoms with E-state index >= 15 is 0 Å². The Bertz CT molecular complexity index is 337. The molecule has 0 aliphatic carbocycles. The van der Waals surface area contributed by atoms with Crippen LogP contribution in [-0.4, -0.2) is 6.18 Å². The minimum Gasteiger partial charge on any atom is -0.205 e. The lowest BCUT2D eigenvalue weighted by atomic mass is 10.1. The summed E-state index contributed by atoms with van der Waals surface area (Å²) in [6.07, 6.45) is -4.42. The topological polar surface area (TPSA) is 0 Å². The Labute approximate surface area is 91.0 Å². The fraction of sp³-hybridized carbons (Fsp3) is 0.250. The van der Waals surface area contributed by atoms with Gasteiger partial charge in [-0.15, -0.1) is 0 Å². The van der Waals surface area contributed by atoms with Gasteiger partial charge in [0.25, 0.3) is 0 Å². The van der Waals surface area contributed by atoms with Crippen molar-refractivity contribution in [1.82, 2.24) is 0 Å². The van der Waals surface area contributed by atoms with Crippen LogP contribution in [0.5, 0.6) is 0 Å². The Morgan fingerprint density at radius 2 is 1.86 bits per heavy atom. The van der Waals surface area contributed by atoms with Crippen LogP contribution < -0.4 is 0 Å². The summed E-state index contributed by atoms with van der Waals surface area (Å²) >= 11 is 7.80. The highest BCUT2D eigenvalue weighted by Crippen LogP contribution is 2.40. The molecule has 0 radical (unpaired) electrons. The van der Waals surface area contributed by atoms with Gasteiger partial charge in [0, 0.05) is 0 Å². The third-order valence-corrected chi connectivity index (χ3v) is 2.86. The molecule has 0 aromatic heterocycles. The number of hydrogen-bond acceptors (Lipinski definition) is 0. The van der Waals surface area contributed by atoms with E-state index < -0.39 is 16.8 Å². The zero-order valence-electron chi connectivity index (χ0n) is 6.58. The molecule has 78 valence electrons. The molecule has 0 nitrogen and oxygen atoms in total. The minimum atomic E-state index is -4.42. The van der Waals surface area contributed by atoms with Crippen LogP contribution in [0.25, 0.3) is 0 Å². The molecular formula is C8H4BrClF4. The van der Waals surface area contributed by atoms with Gasteiger partial charge in [-0.3, -0.25) is 0 Å². The standard InChI is InChI=1S/C8H4BrClF4/c9-7(8(12,13)14)4-1-2-6(11)5(10)3-4/h1-3,7H. The molecule has 0 heterocycles. The van der Waals surface area contributed by atoms with Crippen LogP contribution in [0.1, 0.15) is 10.4 Å². The molecule has 0 N–H and O–H groups in total. The summed E-state index contributed by atoms with van der Waals surface area (Å²) in [5, 5.41) is -0.323. The number of benzene rings is 1. The number of halogens is 6. The molecule has 0 spiro atoms. The highest BCUT2D eigenvalue weighted by atomic mass is 79.9. The first-order valence-electron chi connectivity index (χ1n) is 3.48. The Morgan fingerprint density at radius 3 is 2.29 bits per heavy atom. The molecule has 1 atom stereocenters. The van der Waals surface area contributed by atoms with Crippen LogP contribution in [-0.2, 0) is 0 Å². The molecule has 1 unspecified atom stereocenters. The molecule has 0 aliphatic heterocycles. The first kappa shape index (κ1) is 11.8. The lowest BCUT2D eigenvalue weighted by molar-refractivity contribution is -0.128. The Morgan fingerprint density at radius 1 is 1.29 bits per heavy atom. The normalized spacial score (nSPS) is 14.1. The third kappa shape index (κ3) is 2.60. The van der Waals surface area contributed by atoms with Crippen molar-refractivity contribution in [2.45, 2.75) is 11.0 Å². The Hall–Kier alpha value is -0.290. The first-order chi connectivity index (χ1) is 6.32. The van der Waals surface area contributed by atoms with E-state index in [9.17, 15) is 17.6 Å².